The number of rotatable bonds is 4. The van der Waals surface area contributed by atoms with Gasteiger partial charge in [-0.1, -0.05) is 34.1 Å². The molecule has 0 unspecified atom stereocenters. The number of benzene rings is 2. The van der Waals surface area contributed by atoms with E-state index in [2.05, 4.69) is 110 Å². The minimum Gasteiger partial charge on any atom is -0.351 e. The summed E-state index contributed by atoms with van der Waals surface area (Å²) in [5.74, 6) is 0. The van der Waals surface area contributed by atoms with Crippen LogP contribution in [0, 0.1) is 13.8 Å². The van der Waals surface area contributed by atoms with Crippen molar-refractivity contribution >= 4 is 38.9 Å². The Bertz CT molecular complexity index is 1280. The first-order valence-electron chi connectivity index (χ1n) is 10.5. The molecule has 2 aromatic carbocycles. The van der Waals surface area contributed by atoms with Gasteiger partial charge in [0, 0.05) is 33.9 Å². The smallest absolute Gasteiger partial charge is 0.174 e. The molecule has 3 heterocycles. The monoisotopic (exact) mass is 502 g/mol. The number of aryl methyl sites for hydroxylation is 2. The Hall–Kier alpha value is -2.96. The second kappa shape index (κ2) is 8.52. The molecule has 160 valence electrons. The number of halogens is 1. The lowest BCUT2D eigenvalue weighted by molar-refractivity contribution is 0.549. The molecule has 1 fully saturated rings. The van der Waals surface area contributed by atoms with Crippen LogP contribution in [0.1, 0.15) is 34.6 Å². The van der Waals surface area contributed by atoms with Gasteiger partial charge in [0.2, 0.25) is 0 Å². The zero-order valence-corrected chi connectivity index (χ0v) is 20.3. The first-order chi connectivity index (χ1) is 15.5. The van der Waals surface area contributed by atoms with Crippen molar-refractivity contribution in [3.63, 3.8) is 0 Å². The predicted molar refractivity (Wildman–Crippen MR) is 137 cm³/mol. The number of anilines is 1. The van der Waals surface area contributed by atoms with Crippen LogP contribution in [-0.2, 0) is 0 Å². The third-order valence-corrected chi connectivity index (χ3v) is 6.84. The number of nitrogens with zero attached hydrogens (tertiary/aromatic N) is 3. The molecule has 32 heavy (non-hydrogen) atoms. The van der Waals surface area contributed by atoms with Crippen LogP contribution in [0.5, 0.6) is 0 Å². The molecule has 1 saturated heterocycles. The molecule has 5 rings (SSSR count). The van der Waals surface area contributed by atoms with E-state index in [1.807, 2.05) is 24.4 Å². The Balaban J connectivity index is 1.68. The molecule has 0 amide bonds. The van der Waals surface area contributed by atoms with Crippen molar-refractivity contribution in [2.75, 3.05) is 4.90 Å². The van der Waals surface area contributed by atoms with Crippen LogP contribution in [0.4, 0.5) is 5.69 Å². The molecule has 0 radical (unpaired) electrons. The van der Waals surface area contributed by atoms with Crippen LogP contribution in [0.3, 0.4) is 0 Å². The van der Waals surface area contributed by atoms with Crippen molar-refractivity contribution in [2.24, 2.45) is 0 Å². The molecule has 4 aromatic rings. The average molecular weight is 503 g/mol. The van der Waals surface area contributed by atoms with E-state index in [1.54, 1.807) is 0 Å². The summed E-state index contributed by atoms with van der Waals surface area (Å²) in [6.07, 6.45) is 3.94. The van der Waals surface area contributed by atoms with Gasteiger partial charge in [0.25, 0.3) is 0 Å². The fraction of sp³-hybridized carbons (Fsp3) is 0.154. The van der Waals surface area contributed by atoms with Gasteiger partial charge in [-0.15, -0.1) is 0 Å². The van der Waals surface area contributed by atoms with E-state index in [0.29, 0.717) is 5.11 Å². The van der Waals surface area contributed by atoms with E-state index >= 15 is 0 Å². The van der Waals surface area contributed by atoms with E-state index < -0.39 is 0 Å². The lowest BCUT2D eigenvalue weighted by Gasteiger charge is -2.29. The normalized spacial score (nSPS) is 18.1. The number of hydrogen-bond acceptors (Lipinski definition) is 2. The molecule has 1 aliphatic rings. The summed E-state index contributed by atoms with van der Waals surface area (Å²) in [6.45, 7) is 4.27. The fourth-order valence-electron chi connectivity index (χ4n) is 4.31. The van der Waals surface area contributed by atoms with Gasteiger partial charge in [-0.05, 0) is 91.8 Å². The minimum atomic E-state index is -0.0777. The quantitative estimate of drug-likeness (QED) is 0.326. The van der Waals surface area contributed by atoms with Gasteiger partial charge < -0.3 is 14.8 Å². The molecule has 1 N–H and O–H groups in total. The van der Waals surface area contributed by atoms with Gasteiger partial charge in [-0.25, -0.2) is 0 Å². The van der Waals surface area contributed by atoms with Crippen molar-refractivity contribution < 1.29 is 0 Å². The van der Waals surface area contributed by atoms with Crippen LogP contribution in [0.25, 0.3) is 5.69 Å². The van der Waals surface area contributed by atoms with Crippen LogP contribution >= 0.6 is 28.1 Å². The Morgan fingerprint density at radius 1 is 0.906 bits per heavy atom. The fourth-order valence-corrected chi connectivity index (χ4v) is 5.04. The molecule has 6 heteroatoms. The van der Waals surface area contributed by atoms with E-state index in [9.17, 15) is 0 Å². The molecule has 2 aromatic heterocycles. The minimum absolute atomic E-state index is 0.0616. The van der Waals surface area contributed by atoms with Gasteiger partial charge in [0.05, 0.1) is 11.7 Å². The second-order valence-electron chi connectivity index (χ2n) is 8.05. The zero-order valence-electron chi connectivity index (χ0n) is 17.9. The Kier molecular flexibility index (Phi) is 5.57. The van der Waals surface area contributed by atoms with Crippen molar-refractivity contribution in [1.29, 1.82) is 0 Å². The van der Waals surface area contributed by atoms with Gasteiger partial charge in [-0.2, -0.15) is 0 Å². The highest BCUT2D eigenvalue weighted by atomic mass is 79.9. The molecule has 1 aliphatic heterocycles. The number of pyridine rings is 1. The third-order valence-electron chi connectivity index (χ3n) is 6.04. The molecule has 2 atom stereocenters. The summed E-state index contributed by atoms with van der Waals surface area (Å²) in [4.78, 5) is 6.89. The molecule has 0 bridgehead atoms. The molecule has 0 spiro atoms. The maximum atomic E-state index is 5.88. The predicted octanol–water partition coefficient (Wildman–Crippen LogP) is 6.43. The summed E-state index contributed by atoms with van der Waals surface area (Å²) in [7, 11) is 0. The Morgan fingerprint density at radius 2 is 1.78 bits per heavy atom. The first-order valence-corrected chi connectivity index (χ1v) is 11.7. The maximum absolute atomic E-state index is 5.88. The summed E-state index contributed by atoms with van der Waals surface area (Å²) in [5, 5.41) is 4.26. The van der Waals surface area contributed by atoms with Gasteiger partial charge in [-0.3, -0.25) is 4.98 Å². The van der Waals surface area contributed by atoms with Crippen LogP contribution in [0.2, 0.25) is 0 Å². The third kappa shape index (κ3) is 3.74. The molecule has 0 aliphatic carbocycles. The summed E-state index contributed by atoms with van der Waals surface area (Å²) in [5.41, 5.74) is 6.79. The largest absolute Gasteiger partial charge is 0.351 e. The summed E-state index contributed by atoms with van der Waals surface area (Å²) >= 11 is 9.49. The highest BCUT2D eigenvalue weighted by Gasteiger charge is 2.42. The SMILES string of the molecule is Cc1ccc(N2C(=S)N[C@@H](c3ccccn3)[C@@H]2c2cccn2-c2cccc(Br)c2)cc1C. The van der Waals surface area contributed by atoms with E-state index in [1.165, 1.54) is 11.1 Å². The van der Waals surface area contributed by atoms with Crippen LogP contribution < -0.4 is 10.2 Å². The second-order valence-corrected chi connectivity index (χ2v) is 9.35. The number of thiocarbonyl (C=S) groups is 1. The standard InChI is InChI=1S/C26H23BrN4S/c1-17-11-12-21(15-18(17)2)31-25(24(29-26(31)32)22-9-3-4-13-28-22)23-10-6-14-30(23)20-8-5-7-19(27)16-20/h3-16,24-25H,1-2H3,(H,29,32)/t24-,25-/m0/s1. The molecular formula is C26H23BrN4S. The first kappa shape index (κ1) is 20.9. The van der Waals surface area contributed by atoms with E-state index in [-0.39, 0.29) is 12.1 Å². The number of nitrogens with one attached hydrogen (secondary N) is 1. The van der Waals surface area contributed by atoms with E-state index in [0.717, 1.165) is 27.2 Å². The molecular weight excluding hydrogens is 480 g/mol. The van der Waals surface area contributed by atoms with Crippen LogP contribution in [-0.4, -0.2) is 14.7 Å². The highest BCUT2D eigenvalue weighted by molar-refractivity contribution is 9.10. The average Bonchev–Trinajstić information content (AvgIpc) is 3.40. The lowest BCUT2D eigenvalue weighted by atomic mass is 10.00. The van der Waals surface area contributed by atoms with Crippen molar-refractivity contribution in [3.8, 4) is 5.69 Å². The Labute approximate surface area is 202 Å². The van der Waals surface area contributed by atoms with Crippen LogP contribution in [0.15, 0.2) is 89.7 Å². The van der Waals surface area contributed by atoms with Gasteiger partial charge in [0.15, 0.2) is 5.11 Å². The number of aromatic nitrogens is 2. The number of hydrogen-bond donors (Lipinski definition) is 1. The molecule has 0 saturated carbocycles. The highest BCUT2D eigenvalue weighted by Crippen LogP contribution is 2.42. The van der Waals surface area contributed by atoms with Crippen molar-refractivity contribution in [1.82, 2.24) is 14.9 Å². The van der Waals surface area contributed by atoms with Crippen molar-refractivity contribution in [2.45, 2.75) is 25.9 Å². The van der Waals surface area contributed by atoms with Gasteiger partial charge in [0.1, 0.15) is 6.04 Å². The topological polar surface area (TPSA) is 33.1 Å². The molecule has 4 nitrogen and oxygen atoms in total. The summed E-state index contributed by atoms with van der Waals surface area (Å²) < 4.78 is 3.27. The summed E-state index contributed by atoms with van der Waals surface area (Å²) in [6, 6.07) is 25.0. The maximum Gasteiger partial charge on any atom is 0.174 e. The van der Waals surface area contributed by atoms with E-state index in [4.69, 9.17) is 12.2 Å². The van der Waals surface area contributed by atoms with Gasteiger partial charge >= 0.3 is 0 Å². The zero-order chi connectivity index (χ0) is 22.2. The Morgan fingerprint density at radius 3 is 2.53 bits per heavy atom. The van der Waals surface area contributed by atoms with Crippen molar-refractivity contribution in [3.05, 3.63) is 112 Å². The lowest BCUT2D eigenvalue weighted by Crippen LogP contribution is -2.30.